The van der Waals surface area contributed by atoms with E-state index in [2.05, 4.69) is 0 Å². The van der Waals surface area contributed by atoms with Gasteiger partial charge in [-0.15, -0.1) is 0 Å². The molecular weight excluding hydrogens is 376 g/mol. The summed E-state index contributed by atoms with van der Waals surface area (Å²) < 4.78 is 21.7. The van der Waals surface area contributed by atoms with Crippen molar-refractivity contribution < 1.29 is 49.0 Å². The van der Waals surface area contributed by atoms with Crippen LogP contribution >= 0.6 is 0 Å². The lowest BCUT2D eigenvalue weighted by molar-refractivity contribution is -0.277. The lowest BCUT2D eigenvalue weighted by Crippen LogP contribution is -2.60. The van der Waals surface area contributed by atoms with Gasteiger partial charge in [0.2, 0.25) is 6.29 Å². The van der Waals surface area contributed by atoms with E-state index in [1.54, 1.807) is 6.07 Å². The van der Waals surface area contributed by atoms with Crippen molar-refractivity contribution in [3.63, 3.8) is 0 Å². The maximum atomic E-state index is 11.0. The van der Waals surface area contributed by atoms with Crippen LogP contribution in [0.3, 0.4) is 0 Å². The topological polar surface area (TPSA) is 159 Å². The zero-order valence-corrected chi connectivity index (χ0v) is 14.8. The lowest BCUT2D eigenvalue weighted by atomic mass is 9.99. The Labute approximate surface area is 158 Å². The molecular formula is C18H20O10. The average Bonchev–Trinajstić information content (AvgIpc) is 3.14. The molecule has 0 bridgehead atoms. The van der Waals surface area contributed by atoms with Gasteiger partial charge in [0.15, 0.2) is 11.3 Å². The zero-order chi connectivity index (χ0) is 20.4. The minimum atomic E-state index is -1.62. The van der Waals surface area contributed by atoms with Crippen molar-refractivity contribution in [3.8, 4) is 11.5 Å². The van der Waals surface area contributed by atoms with E-state index in [9.17, 15) is 25.2 Å². The molecule has 0 spiro atoms. The molecule has 1 aliphatic rings. The Morgan fingerprint density at radius 3 is 2.64 bits per heavy atom. The summed E-state index contributed by atoms with van der Waals surface area (Å²) in [6.07, 6.45) is -3.86. The highest BCUT2D eigenvalue weighted by molar-refractivity contribution is 5.93. The Morgan fingerprint density at radius 1 is 1.25 bits per heavy atom. The summed E-state index contributed by atoms with van der Waals surface area (Å²) >= 11 is 0. The van der Waals surface area contributed by atoms with E-state index in [-0.39, 0.29) is 17.1 Å². The third-order valence-corrected chi connectivity index (χ3v) is 4.39. The first-order chi connectivity index (χ1) is 13.4. The Balaban J connectivity index is 2.04. The van der Waals surface area contributed by atoms with Crippen LogP contribution in [-0.4, -0.2) is 75.9 Å². The number of benzene rings is 1. The molecule has 0 saturated carbocycles. The number of fused-ring (bicyclic) bond motifs is 1. The van der Waals surface area contributed by atoms with Crippen molar-refractivity contribution in [1.82, 2.24) is 0 Å². The van der Waals surface area contributed by atoms with Crippen LogP contribution < -0.4 is 9.47 Å². The molecule has 0 aliphatic carbocycles. The van der Waals surface area contributed by atoms with E-state index in [4.69, 9.17) is 23.7 Å². The molecule has 152 valence electrons. The number of hydrogen-bond donors (Lipinski definition) is 5. The van der Waals surface area contributed by atoms with Crippen LogP contribution in [0.2, 0.25) is 0 Å². The van der Waals surface area contributed by atoms with Gasteiger partial charge >= 0.3 is 5.97 Å². The van der Waals surface area contributed by atoms with Gasteiger partial charge in [0.1, 0.15) is 30.2 Å². The molecule has 1 aromatic carbocycles. The maximum absolute atomic E-state index is 11.0. The molecule has 1 aromatic heterocycles. The number of aliphatic hydroxyl groups excluding tert-OH is 4. The van der Waals surface area contributed by atoms with Crippen LogP contribution in [0.4, 0.5) is 0 Å². The Kier molecular flexibility index (Phi) is 5.87. The SMILES string of the molecule is COc1c(C=CC(=O)O)c(OC2OC(CO)C(O)C(O)C2O)cc2ccoc12. The molecule has 10 nitrogen and oxygen atoms in total. The summed E-state index contributed by atoms with van der Waals surface area (Å²) in [5.74, 6) is -0.937. The fourth-order valence-electron chi connectivity index (χ4n) is 2.97. The molecule has 5 N–H and O–H groups in total. The van der Waals surface area contributed by atoms with E-state index in [0.717, 1.165) is 6.08 Å². The maximum Gasteiger partial charge on any atom is 0.328 e. The molecule has 5 atom stereocenters. The number of methoxy groups -OCH3 is 1. The van der Waals surface area contributed by atoms with Gasteiger partial charge in [-0.2, -0.15) is 0 Å². The smallest absolute Gasteiger partial charge is 0.328 e. The quantitative estimate of drug-likeness (QED) is 0.411. The fourth-order valence-corrected chi connectivity index (χ4v) is 2.97. The zero-order valence-electron chi connectivity index (χ0n) is 14.8. The molecule has 0 amide bonds. The number of carboxylic acids is 1. The van der Waals surface area contributed by atoms with Gasteiger partial charge in [0, 0.05) is 11.5 Å². The summed E-state index contributed by atoms with van der Waals surface area (Å²) in [6.45, 7) is -0.610. The van der Waals surface area contributed by atoms with Gasteiger partial charge in [-0.05, 0) is 18.2 Å². The molecule has 1 saturated heterocycles. The second-order valence-electron chi connectivity index (χ2n) is 6.15. The van der Waals surface area contributed by atoms with Crippen LogP contribution in [0.15, 0.2) is 28.9 Å². The average molecular weight is 396 g/mol. The first-order valence-corrected chi connectivity index (χ1v) is 8.33. The summed E-state index contributed by atoms with van der Waals surface area (Å²) in [7, 11) is 1.37. The van der Waals surface area contributed by atoms with Gasteiger partial charge in [-0.25, -0.2) is 4.79 Å². The Hall–Kier alpha value is -2.63. The van der Waals surface area contributed by atoms with Gasteiger partial charge in [0.25, 0.3) is 0 Å². The summed E-state index contributed by atoms with van der Waals surface area (Å²) in [5, 5.41) is 48.8. The van der Waals surface area contributed by atoms with Crippen LogP contribution in [0.1, 0.15) is 5.56 Å². The van der Waals surface area contributed by atoms with Crippen molar-refractivity contribution in [2.75, 3.05) is 13.7 Å². The number of furan rings is 1. The number of ether oxygens (including phenoxy) is 3. The minimum Gasteiger partial charge on any atom is -0.492 e. The highest BCUT2D eigenvalue weighted by Crippen LogP contribution is 2.39. The molecule has 2 aromatic rings. The number of carbonyl (C=O) groups is 1. The second-order valence-corrected chi connectivity index (χ2v) is 6.15. The van der Waals surface area contributed by atoms with Gasteiger partial charge in [-0.3, -0.25) is 0 Å². The predicted molar refractivity (Wildman–Crippen MR) is 93.8 cm³/mol. The molecule has 5 unspecified atom stereocenters. The van der Waals surface area contributed by atoms with Crippen LogP contribution in [0.5, 0.6) is 11.5 Å². The number of rotatable bonds is 6. The Bertz CT molecular complexity index is 871. The monoisotopic (exact) mass is 396 g/mol. The first kappa shape index (κ1) is 20.1. The van der Waals surface area contributed by atoms with Crippen molar-refractivity contribution in [2.24, 2.45) is 0 Å². The van der Waals surface area contributed by atoms with Crippen LogP contribution in [0.25, 0.3) is 17.0 Å². The van der Waals surface area contributed by atoms with E-state index >= 15 is 0 Å². The molecule has 1 aliphatic heterocycles. The fraction of sp³-hybridized carbons (Fsp3) is 0.389. The largest absolute Gasteiger partial charge is 0.492 e. The number of carboxylic acid groups (broad SMARTS) is 1. The van der Waals surface area contributed by atoms with Crippen molar-refractivity contribution in [1.29, 1.82) is 0 Å². The highest BCUT2D eigenvalue weighted by Gasteiger charge is 2.45. The second kappa shape index (κ2) is 8.17. The third kappa shape index (κ3) is 3.68. The molecule has 28 heavy (non-hydrogen) atoms. The highest BCUT2D eigenvalue weighted by atomic mass is 16.7. The minimum absolute atomic E-state index is 0.0765. The molecule has 2 heterocycles. The number of aliphatic carboxylic acids is 1. The predicted octanol–water partition coefficient (Wildman–Crippen LogP) is -0.282. The first-order valence-electron chi connectivity index (χ1n) is 8.33. The molecule has 1 fully saturated rings. The Morgan fingerprint density at radius 2 is 2.00 bits per heavy atom. The molecule has 3 rings (SSSR count). The lowest BCUT2D eigenvalue weighted by Gasteiger charge is -2.39. The van der Waals surface area contributed by atoms with E-state index in [1.165, 1.54) is 25.5 Å². The van der Waals surface area contributed by atoms with Crippen molar-refractivity contribution >= 4 is 23.0 Å². The van der Waals surface area contributed by atoms with Crippen LogP contribution in [0, 0.1) is 0 Å². The van der Waals surface area contributed by atoms with E-state index in [0.29, 0.717) is 11.0 Å². The van der Waals surface area contributed by atoms with Crippen molar-refractivity contribution in [2.45, 2.75) is 30.7 Å². The number of aliphatic hydroxyl groups is 4. The van der Waals surface area contributed by atoms with Gasteiger partial charge in [0.05, 0.1) is 25.5 Å². The van der Waals surface area contributed by atoms with Crippen molar-refractivity contribution in [3.05, 3.63) is 30.0 Å². The van der Waals surface area contributed by atoms with Crippen LogP contribution in [-0.2, 0) is 9.53 Å². The summed E-state index contributed by atoms with van der Waals surface area (Å²) in [4.78, 5) is 11.0. The third-order valence-electron chi connectivity index (χ3n) is 4.39. The molecule has 10 heteroatoms. The summed E-state index contributed by atoms with van der Waals surface area (Å²) in [5.41, 5.74) is 0.554. The van der Waals surface area contributed by atoms with Gasteiger partial charge in [-0.1, -0.05) is 0 Å². The standard InChI is InChI=1S/C18H20O10/c1-25-17-9(2-3-12(20)21)10(6-8-4-5-26-16(8)17)27-18-15(24)14(23)13(22)11(7-19)28-18/h2-6,11,13-15,18-19,22-24H,7H2,1H3,(H,20,21). The normalized spacial score (nSPS) is 28.0. The molecule has 0 radical (unpaired) electrons. The summed E-state index contributed by atoms with van der Waals surface area (Å²) in [6, 6.07) is 3.15. The van der Waals surface area contributed by atoms with E-state index in [1.807, 2.05) is 0 Å². The van der Waals surface area contributed by atoms with Gasteiger partial charge < -0.3 is 44.2 Å². The number of hydrogen-bond acceptors (Lipinski definition) is 9. The van der Waals surface area contributed by atoms with E-state index < -0.39 is 43.3 Å².